The SMILES string of the molecule is C=CCCCOCc1c(CNC)sc2ccccc12. The maximum absolute atomic E-state index is 5.81. The van der Waals surface area contributed by atoms with Crippen molar-refractivity contribution in [2.75, 3.05) is 13.7 Å². The Morgan fingerprint density at radius 1 is 1.37 bits per heavy atom. The Morgan fingerprint density at radius 3 is 3.00 bits per heavy atom. The summed E-state index contributed by atoms with van der Waals surface area (Å²) in [5.41, 5.74) is 1.34. The molecule has 0 radical (unpaired) electrons. The van der Waals surface area contributed by atoms with Gasteiger partial charge in [0, 0.05) is 28.3 Å². The molecule has 0 amide bonds. The van der Waals surface area contributed by atoms with E-state index in [9.17, 15) is 0 Å². The number of ether oxygens (including phenoxy) is 1. The van der Waals surface area contributed by atoms with Crippen molar-refractivity contribution in [2.24, 2.45) is 0 Å². The smallest absolute Gasteiger partial charge is 0.0734 e. The fourth-order valence-corrected chi connectivity index (χ4v) is 3.34. The molecule has 102 valence electrons. The second-order valence-electron chi connectivity index (χ2n) is 4.51. The van der Waals surface area contributed by atoms with Gasteiger partial charge in [0.15, 0.2) is 0 Å². The minimum atomic E-state index is 0.707. The second-order valence-corrected chi connectivity index (χ2v) is 5.65. The summed E-state index contributed by atoms with van der Waals surface area (Å²) in [5, 5.41) is 4.57. The standard InChI is InChI=1S/C16H21NOS/c1-3-4-7-10-18-12-14-13-8-5-6-9-15(13)19-16(14)11-17-2/h3,5-6,8-9,17H,1,4,7,10-12H2,2H3. The molecule has 2 rings (SSSR count). The van der Waals surface area contributed by atoms with Crippen LogP contribution in [0.3, 0.4) is 0 Å². The van der Waals surface area contributed by atoms with Crippen LogP contribution in [0.25, 0.3) is 10.1 Å². The van der Waals surface area contributed by atoms with E-state index in [-0.39, 0.29) is 0 Å². The predicted molar refractivity (Wildman–Crippen MR) is 83.7 cm³/mol. The number of fused-ring (bicyclic) bond motifs is 1. The van der Waals surface area contributed by atoms with Crippen molar-refractivity contribution in [1.82, 2.24) is 5.32 Å². The normalized spacial score (nSPS) is 11.0. The van der Waals surface area contributed by atoms with Gasteiger partial charge in [-0.25, -0.2) is 0 Å². The average Bonchev–Trinajstić information content (AvgIpc) is 2.77. The summed E-state index contributed by atoms with van der Waals surface area (Å²) in [5.74, 6) is 0. The summed E-state index contributed by atoms with van der Waals surface area (Å²) in [7, 11) is 1.99. The molecule has 1 heterocycles. The van der Waals surface area contributed by atoms with E-state index in [0.29, 0.717) is 6.61 Å². The van der Waals surface area contributed by atoms with Crippen LogP contribution in [0.1, 0.15) is 23.3 Å². The molecule has 0 aliphatic rings. The topological polar surface area (TPSA) is 21.3 Å². The molecule has 2 nitrogen and oxygen atoms in total. The van der Waals surface area contributed by atoms with Gasteiger partial charge in [0.1, 0.15) is 0 Å². The van der Waals surface area contributed by atoms with E-state index in [1.165, 1.54) is 20.5 Å². The molecule has 0 atom stereocenters. The van der Waals surface area contributed by atoms with Crippen molar-refractivity contribution in [2.45, 2.75) is 26.0 Å². The molecular weight excluding hydrogens is 254 g/mol. The third-order valence-corrected chi connectivity index (χ3v) is 4.28. The number of hydrogen-bond donors (Lipinski definition) is 1. The summed E-state index contributed by atoms with van der Waals surface area (Å²) in [6, 6.07) is 8.56. The molecule has 1 N–H and O–H groups in total. The summed E-state index contributed by atoms with van der Waals surface area (Å²) in [6.07, 6.45) is 4.01. The van der Waals surface area contributed by atoms with Crippen molar-refractivity contribution < 1.29 is 4.74 Å². The van der Waals surface area contributed by atoms with Crippen LogP contribution in [-0.2, 0) is 17.9 Å². The Kier molecular flexibility index (Phi) is 5.58. The molecule has 0 aliphatic heterocycles. The van der Waals surface area contributed by atoms with E-state index in [1.54, 1.807) is 0 Å². The summed E-state index contributed by atoms with van der Waals surface area (Å²) in [4.78, 5) is 1.38. The lowest BCUT2D eigenvalue weighted by molar-refractivity contribution is 0.119. The van der Waals surface area contributed by atoms with E-state index in [2.05, 4.69) is 36.2 Å². The van der Waals surface area contributed by atoms with Crippen LogP contribution in [0.15, 0.2) is 36.9 Å². The van der Waals surface area contributed by atoms with Crippen LogP contribution in [0.5, 0.6) is 0 Å². The van der Waals surface area contributed by atoms with Gasteiger partial charge in [-0.1, -0.05) is 24.3 Å². The number of benzene rings is 1. The Balaban J connectivity index is 2.10. The summed E-state index contributed by atoms with van der Waals surface area (Å²) in [6.45, 7) is 6.14. The number of allylic oxidation sites excluding steroid dienone is 1. The van der Waals surface area contributed by atoms with E-state index in [4.69, 9.17) is 4.74 Å². The Morgan fingerprint density at radius 2 is 2.21 bits per heavy atom. The Labute approximate surface area is 119 Å². The monoisotopic (exact) mass is 275 g/mol. The molecular formula is C16H21NOS. The predicted octanol–water partition coefficient (Wildman–Crippen LogP) is 4.10. The summed E-state index contributed by atoms with van der Waals surface area (Å²) < 4.78 is 7.15. The lowest BCUT2D eigenvalue weighted by Gasteiger charge is -2.06. The maximum atomic E-state index is 5.81. The highest BCUT2D eigenvalue weighted by Gasteiger charge is 2.11. The molecule has 19 heavy (non-hydrogen) atoms. The zero-order valence-electron chi connectivity index (χ0n) is 11.4. The van der Waals surface area contributed by atoms with E-state index < -0.39 is 0 Å². The lowest BCUT2D eigenvalue weighted by atomic mass is 10.1. The molecule has 0 saturated carbocycles. The number of rotatable bonds is 8. The number of nitrogens with one attached hydrogen (secondary N) is 1. The van der Waals surface area contributed by atoms with Gasteiger partial charge in [-0.05, 0) is 31.3 Å². The van der Waals surface area contributed by atoms with Gasteiger partial charge in [0.2, 0.25) is 0 Å². The molecule has 3 heteroatoms. The third kappa shape index (κ3) is 3.66. The van der Waals surface area contributed by atoms with Crippen LogP contribution in [-0.4, -0.2) is 13.7 Å². The van der Waals surface area contributed by atoms with Gasteiger partial charge in [-0.3, -0.25) is 0 Å². The highest BCUT2D eigenvalue weighted by molar-refractivity contribution is 7.19. The van der Waals surface area contributed by atoms with Crippen molar-refractivity contribution in [3.63, 3.8) is 0 Å². The van der Waals surface area contributed by atoms with E-state index >= 15 is 0 Å². The van der Waals surface area contributed by atoms with Crippen molar-refractivity contribution in [1.29, 1.82) is 0 Å². The first kappa shape index (κ1) is 14.3. The lowest BCUT2D eigenvalue weighted by Crippen LogP contribution is -2.06. The molecule has 0 spiro atoms. The van der Waals surface area contributed by atoms with Gasteiger partial charge in [-0.2, -0.15) is 0 Å². The minimum absolute atomic E-state index is 0.707. The van der Waals surface area contributed by atoms with Gasteiger partial charge in [-0.15, -0.1) is 17.9 Å². The van der Waals surface area contributed by atoms with Crippen LogP contribution in [0.2, 0.25) is 0 Å². The van der Waals surface area contributed by atoms with Gasteiger partial charge in [0.25, 0.3) is 0 Å². The van der Waals surface area contributed by atoms with E-state index in [0.717, 1.165) is 26.0 Å². The van der Waals surface area contributed by atoms with Crippen molar-refractivity contribution in [3.8, 4) is 0 Å². The van der Waals surface area contributed by atoms with Gasteiger partial charge < -0.3 is 10.1 Å². The largest absolute Gasteiger partial charge is 0.377 e. The fourth-order valence-electron chi connectivity index (χ4n) is 2.12. The Hall–Kier alpha value is -1.16. The zero-order valence-corrected chi connectivity index (χ0v) is 12.3. The first-order valence-electron chi connectivity index (χ1n) is 6.69. The van der Waals surface area contributed by atoms with Crippen LogP contribution < -0.4 is 5.32 Å². The first-order valence-corrected chi connectivity index (χ1v) is 7.51. The molecule has 0 aliphatic carbocycles. The highest BCUT2D eigenvalue weighted by atomic mass is 32.1. The second kappa shape index (κ2) is 7.43. The average molecular weight is 275 g/mol. The quantitative estimate of drug-likeness (QED) is 0.578. The van der Waals surface area contributed by atoms with Crippen LogP contribution >= 0.6 is 11.3 Å². The molecule has 1 aromatic carbocycles. The van der Waals surface area contributed by atoms with Crippen molar-refractivity contribution in [3.05, 3.63) is 47.4 Å². The minimum Gasteiger partial charge on any atom is -0.377 e. The molecule has 2 aromatic rings. The zero-order chi connectivity index (χ0) is 13.5. The number of hydrogen-bond acceptors (Lipinski definition) is 3. The maximum Gasteiger partial charge on any atom is 0.0734 e. The number of thiophene rings is 1. The van der Waals surface area contributed by atoms with Gasteiger partial charge in [0.05, 0.1) is 6.61 Å². The first-order chi connectivity index (χ1) is 9.36. The van der Waals surface area contributed by atoms with E-state index in [1.807, 2.05) is 24.5 Å². The molecule has 1 aromatic heterocycles. The fraction of sp³-hybridized carbons (Fsp3) is 0.375. The third-order valence-electron chi connectivity index (χ3n) is 3.06. The summed E-state index contributed by atoms with van der Waals surface area (Å²) >= 11 is 1.86. The van der Waals surface area contributed by atoms with Gasteiger partial charge >= 0.3 is 0 Å². The molecule has 0 fully saturated rings. The highest BCUT2D eigenvalue weighted by Crippen LogP contribution is 2.31. The van der Waals surface area contributed by atoms with Crippen LogP contribution in [0.4, 0.5) is 0 Å². The van der Waals surface area contributed by atoms with Crippen LogP contribution in [0, 0.1) is 0 Å². The van der Waals surface area contributed by atoms with Crippen molar-refractivity contribution >= 4 is 21.4 Å². The number of unbranched alkanes of at least 4 members (excludes halogenated alkanes) is 1. The molecule has 0 bridgehead atoms. The Bertz CT molecular complexity index is 533. The molecule has 0 saturated heterocycles. The molecule has 0 unspecified atom stereocenters.